The van der Waals surface area contributed by atoms with Crippen LogP contribution in [0.5, 0.6) is 0 Å². The summed E-state index contributed by atoms with van der Waals surface area (Å²) in [4.78, 5) is 12.3. The molecule has 2 aliphatic rings. The molecule has 0 aromatic rings. The van der Waals surface area contributed by atoms with E-state index in [1.165, 1.54) is 12.8 Å². The molecule has 0 aromatic carbocycles. The van der Waals surface area contributed by atoms with Crippen molar-refractivity contribution in [3.63, 3.8) is 0 Å². The Labute approximate surface area is 110 Å². The van der Waals surface area contributed by atoms with Crippen LogP contribution >= 0.6 is 0 Å². The molecule has 3 atom stereocenters. The Balaban J connectivity index is 1.95. The van der Waals surface area contributed by atoms with Crippen LogP contribution in [0, 0.1) is 34.5 Å². The van der Waals surface area contributed by atoms with Gasteiger partial charge < -0.3 is 5.32 Å². The Morgan fingerprint density at radius 3 is 2.50 bits per heavy atom. The molecule has 0 heterocycles. The Morgan fingerprint density at radius 2 is 2.06 bits per heavy atom. The highest BCUT2D eigenvalue weighted by Crippen LogP contribution is 2.45. The summed E-state index contributed by atoms with van der Waals surface area (Å²) in [6.45, 7) is 6.55. The van der Waals surface area contributed by atoms with Crippen LogP contribution in [0.3, 0.4) is 0 Å². The molecule has 3 unspecified atom stereocenters. The van der Waals surface area contributed by atoms with Gasteiger partial charge in [0, 0.05) is 6.04 Å². The summed E-state index contributed by atoms with van der Waals surface area (Å²) in [6, 6.07) is 2.53. The standard InChI is InChI=1S/C15H24N2O/c1-4-12-5-6-13(11(12)3)17-14(18)15(9-16)7-10(2)8-15/h10-13H,4-8H2,1-3H3,(H,17,18). The summed E-state index contributed by atoms with van der Waals surface area (Å²) in [7, 11) is 0. The molecule has 0 bridgehead atoms. The summed E-state index contributed by atoms with van der Waals surface area (Å²) in [5.74, 6) is 1.78. The largest absolute Gasteiger partial charge is 0.352 e. The zero-order valence-electron chi connectivity index (χ0n) is 11.7. The molecular weight excluding hydrogens is 224 g/mol. The molecule has 100 valence electrons. The zero-order valence-corrected chi connectivity index (χ0v) is 11.7. The molecule has 2 rings (SSSR count). The molecule has 0 saturated heterocycles. The first-order chi connectivity index (χ1) is 8.52. The van der Waals surface area contributed by atoms with Crippen LogP contribution in [0.4, 0.5) is 0 Å². The number of nitriles is 1. The monoisotopic (exact) mass is 248 g/mol. The van der Waals surface area contributed by atoms with Gasteiger partial charge in [0.15, 0.2) is 0 Å². The van der Waals surface area contributed by atoms with Crippen molar-refractivity contribution in [1.29, 1.82) is 5.26 Å². The molecular formula is C15H24N2O. The van der Waals surface area contributed by atoms with E-state index >= 15 is 0 Å². The maximum absolute atomic E-state index is 12.3. The van der Waals surface area contributed by atoms with Crippen LogP contribution < -0.4 is 5.32 Å². The SMILES string of the molecule is CCC1CCC(NC(=O)C2(C#N)CC(C)C2)C1C. The van der Waals surface area contributed by atoms with E-state index in [0.717, 1.165) is 25.2 Å². The number of carbonyl (C=O) groups is 1. The van der Waals surface area contributed by atoms with E-state index in [4.69, 9.17) is 0 Å². The number of hydrogen-bond donors (Lipinski definition) is 1. The van der Waals surface area contributed by atoms with E-state index in [9.17, 15) is 10.1 Å². The lowest BCUT2D eigenvalue weighted by Crippen LogP contribution is -2.51. The molecule has 1 N–H and O–H groups in total. The lowest BCUT2D eigenvalue weighted by molar-refractivity contribution is -0.135. The second-order valence-corrected chi connectivity index (χ2v) is 6.39. The zero-order chi connectivity index (χ0) is 13.3. The van der Waals surface area contributed by atoms with Gasteiger partial charge in [-0.2, -0.15) is 5.26 Å². The van der Waals surface area contributed by atoms with E-state index in [-0.39, 0.29) is 11.9 Å². The van der Waals surface area contributed by atoms with Crippen LogP contribution in [0.2, 0.25) is 0 Å². The molecule has 2 saturated carbocycles. The third-order valence-corrected chi connectivity index (χ3v) is 5.11. The lowest BCUT2D eigenvalue weighted by Gasteiger charge is -2.40. The third-order valence-electron chi connectivity index (χ3n) is 5.11. The van der Waals surface area contributed by atoms with Gasteiger partial charge in [0.1, 0.15) is 5.41 Å². The number of carbonyl (C=O) groups excluding carboxylic acids is 1. The minimum absolute atomic E-state index is 0.0169. The molecule has 0 aromatic heterocycles. The van der Waals surface area contributed by atoms with Crippen molar-refractivity contribution in [3.8, 4) is 6.07 Å². The molecule has 2 aliphatic carbocycles. The fraction of sp³-hybridized carbons (Fsp3) is 0.867. The third kappa shape index (κ3) is 2.13. The minimum Gasteiger partial charge on any atom is -0.352 e. The van der Waals surface area contributed by atoms with Crippen LogP contribution in [0.15, 0.2) is 0 Å². The second kappa shape index (κ2) is 4.91. The fourth-order valence-electron chi connectivity index (χ4n) is 3.79. The predicted octanol–water partition coefficient (Wildman–Crippen LogP) is 2.87. The highest BCUT2D eigenvalue weighted by molar-refractivity contribution is 5.86. The van der Waals surface area contributed by atoms with Gasteiger partial charge in [0.05, 0.1) is 6.07 Å². The van der Waals surface area contributed by atoms with Crippen molar-refractivity contribution >= 4 is 5.91 Å². The summed E-state index contributed by atoms with van der Waals surface area (Å²) in [5.41, 5.74) is -0.719. The highest BCUT2D eigenvalue weighted by atomic mass is 16.2. The van der Waals surface area contributed by atoms with Crippen LogP contribution in [0.1, 0.15) is 52.9 Å². The first kappa shape index (κ1) is 13.4. The number of rotatable bonds is 3. The van der Waals surface area contributed by atoms with Crippen LogP contribution in [-0.2, 0) is 4.79 Å². The number of hydrogen-bond acceptors (Lipinski definition) is 2. The van der Waals surface area contributed by atoms with Crippen molar-refractivity contribution in [2.75, 3.05) is 0 Å². The van der Waals surface area contributed by atoms with Gasteiger partial charge in [-0.1, -0.05) is 27.2 Å². The van der Waals surface area contributed by atoms with Gasteiger partial charge in [-0.3, -0.25) is 4.79 Å². The van der Waals surface area contributed by atoms with Crippen molar-refractivity contribution in [3.05, 3.63) is 0 Å². The van der Waals surface area contributed by atoms with E-state index < -0.39 is 5.41 Å². The summed E-state index contributed by atoms with van der Waals surface area (Å²) in [6.07, 6.45) is 4.93. The Bertz CT molecular complexity index is 365. The average Bonchev–Trinajstić information content (AvgIpc) is 2.66. The number of nitrogens with one attached hydrogen (secondary N) is 1. The summed E-state index contributed by atoms with van der Waals surface area (Å²) < 4.78 is 0. The first-order valence-corrected chi connectivity index (χ1v) is 7.24. The molecule has 3 heteroatoms. The second-order valence-electron chi connectivity index (χ2n) is 6.39. The summed E-state index contributed by atoms with van der Waals surface area (Å²) in [5, 5.41) is 12.4. The molecule has 0 spiro atoms. The average molecular weight is 248 g/mol. The van der Waals surface area contributed by atoms with Gasteiger partial charge >= 0.3 is 0 Å². The van der Waals surface area contributed by atoms with E-state index in [2.05, 4.69) is 32.2 Å². The number of amides is 1. The minimum atomic E-state index is -0.719. The van der Waals surface area contributed by atoms with E-state index in [1.54, 1.807) is 0 Å². The molecule has 0 aliphatic heterocycles. The summed E-state index contributed by atoms with van der Waals surface area (Å²) >= 11 is 0. The molecule has 0 radical (unpaired) electrons. The van der Waals surface area contributed by atoms with Crippen LogP contribution in [0.25, 0.3) is 0 Å². The van der Waals surface area contributed by atoms with Crippen molar-refractivity contribution in [2.24, 2.45) is 23.2 Å². The maximum atomic E-state index is 12.3. The Hall–Kier alpha value is -1.04. The van der Waals surface area contributed by atoms with Gasteiger partial charge in [-0.15, -0.1) is 0 Å². The van der Waals surface area contributed by atoms with Gasteiger partial charge in [-0.05, 0) is 43.4 Å². The lowest BCUT2D eigenvalue weighted by atomic mass is 9.63. The van der Waals surface area contributed by atoms with Gasteiger partial charge in [-0.25, -0.2) is 0 Å². The van der Waals surface area contributed by atoms with E-state index in [0.29, 0.717) is 11.8 Å². The first-order valence-electron chi connectivity index (χ1n) is 7.24. The topological polar surface area (TPSA) is 52.9 Å². The smallest absolute Gasteiger partial charge is 0.240 e. The Morgan fingerprint density at radius 1 is 1.39 bits per heavy atom. The fourth-order valence-corrected chi connectivity index (χ4v) is 3.79. The van der Waals surface area contributed by atoms with Crippen LogP contribution in [-0.4, -0.2) is 11.9 Å². The Kier molecular flexibility index (Phi) is 3.66. The predicted molar refractivity (Wildman–Crippen MR) is 70.6 cm³/mol. The van der Waals surface area contributed by atoms with Crippen molar-refractivity contribution < 1.29 is 4.79 Å². The molecule has 2 fully saturated rings. The van der Waals surface area contributed by atoms with Gasteiger partial charge in [0.25, 0.3) is 0 Å². The van der Waals surface area contributed by atoms with Gasteiger partial charge in [0.2, 0.25) is 5.91 Å². The molecule has 1 amide bonds. The normalized spacial score (nSPS) is 43.0. The highest BCUT2D eigenvalue weighted by Gasteiger charge is 2.50. The molecule has 18 heavy (non-hydrogen) atoms. The van der Waals surface area contributed by atoms with Crippen molar-refractivity contribution in [1.82, 2.24) is 5.32 Å². The quantitative estimate of drug-likeness (QED) is 0.835. The van der Waals surface area contributed by atoms with E-state index in [1.807, 2.05) is 0 Å². The van der Waals surface area contributed by atoms with Crippen molar-refractivity contribution in [2.45, 2.75) is 58.9 Å². The number of nitrogens with zero attached hydrogens (tertiary/aromatic N) is 1. The maximum Gasteiger partial charge on any atom is 0.240 e. The molecule has 3 nitrogen and oxygen atoms in total.